The Morgan fingerprint density at radius 2 is 1.84 bits per heavy atom. The van der Waals surface area contributed by atoms with Gasteiger partial charge in [-0.25, -0.2) is 0 Å². The lowest BCUT2D eigenvalue weighted by atomic mass is 9.79. The van der Waals surface area contributed by atoms with Gasteiger partial charge in [-0.05, 0) is 41.5 Å². The van der Waals surface area contributed by atoms with E-state index in [1.165, 1.54) is 0 Å². The minimum Gasteiger partial charge on any atom is -0.399 e. The first-order valence-corrected chi connectivity index (χ1v) is 6.70. The average molecular weight is 266 g/mol. The molecule has 0 amide bonds. The van der Waals surface area contributed by atoms with Gasteiger partial charge in [-0.2, -0.15) is 5.10 Å². The zero-order chi connectivity index (χ0) is 14.4. The summed E-state index contributed by atoms with van der Waals surface area (Å²) in [4.78, 5) is 0. The van der Waals surface area contributed by atoms with Crippen molar-refractivity contribution in [1.29, 1.82) is 0 Å². The van der Waals surface area contributed by atoms with E-state index in [2.05, 4.69) is 5.10 Å². The Bertz CT molecular complexity index is 452. The number of rotatable bonds is 3. The van der Waals surface area contributed by atoms with Crippen LogP contribution in [0, 0.1) is 6.92 Å². The van der Waals surface area contributed by atoms with Crippen molar-refractivity contribution in [3.63, 3.8) is 0 Å². The molecule has 5 nitrogen and oxygen atoms in total. The Balaban J connectivity index is 2.23. The molecule has 2 rings (SSSR count). The van der Waals surface area contributed by atoms with Gasteiger partial charge in [0.05, 0.1) is 23.9 Å². The summed E-state index contributed by atoms with van der Waals surface area (Å²) in [6.45, 7) is 12.3. The molecule has 19 heavy (non-hydrogen) atoms. The number of aliphatic hydroxyl groups is 1. The van der Waals surface area contributed by atoms with E-state index in [0.717, 1.165) is 11.2 Å². The van der Waals surface area contributed by atoms with Crippen LogP contribution >= 0.6 is 0 Å². The highest BCUT2D eigenvalue weighted by atomic mass is 16.7. The molecule has 1 N–H and O–H groups in total. The Morgan fingerprint density at radius 3 is 2.32 bits per heavy atom. The zero-order valence-corrected chi connectivity index (χ0v) is 12.6. The highest BCUT2D eigenvalue weighted by Crippen LogP contribution is 2.36. The van der Waals surface area contributed by atoms with Crippen LogP contribution in [0.4, 0.5) is 0 Å². The molecular formula is C13H23BN2O3. The molecule has 1 fully saturated rings. The van der Waals surface area contributed by atoms with Crippen molar-refractivity contribution in [3.8, 4) is 0 Å². The molecule has 6 heteroatoms. The normalized spacial score (nSPS) is 22.8. The second kappa shape index (κ2) is 4.61. The van der Waals surface area contributed by atoms with Crippen molar-refractivity contribution in [2.75, 3.05) is 0 Å². The quantitative estimate of drug-likeness (QED) is 0.825. The third kappa shape index (κ3) is 2.57. The van der Waals surface area contributed by atoms with E-state index in [4.69, 9.17) is 9.31 Å². The predicted molar refractivity (Wildman–Crippen MR) is 74.4 cm³/mol. The van der Waals surface area contributed by atoms with Gasteiger partial charge < -0.3 is 14.4 Å². The summed E-state index contributed by atoms with van der Waals surface area (Å²) < 4.78 is 13.8. The monoisotopic (exact) mass is 266 g/mol. The maximum Gasteiger partial charge on any atom is 0.498 e. The van der Waals surface area contributed by atoms with Gasteiger partial charge in [-0.1, -0.05) is 0 Å². The molecule has 1 aromatic heterocycles. The second-order valence-corrected chi connectivity index (χ2v) is 6.30. The van der Waals surface area contributed by atoms with Gasteiger partial charge in [0.25, 0.3) is 0 Å². The Kier molecular flexibility index (Phi) is 3.54. The molecule has 0 bridgehead atoms. The summed E-state index contributed by atoms with van der Waals surface area (Å²) >= 11 is 0. The van der Waals surface area contributed by atoms with E-state index < -0.39 is 13.2 Å². The second-order valence-electron chi connectivity index (χ2n) is 6.30. The van der Waals surface area contributed by atoms with Gasteiger partial charge in [0.15, 0.2) is 0 Å². The summed E-state index contributed by atoms with van der Waals surface area (Å²) in [5.74, 6) is 0. The van der Waals surface area contributed by atoms with Crippen LogP contribution in [0.25, 0.3) is 0 Å². The van der Waals surface area contributed by atoms with Gasteiger partial charge in [0, 0.05) is 17.4 Å². The molecule has 0 unspecified atom stereocenters. The van der Waals surface area contributed by atoms with Crippen molar-refractivity contribution in [2.45, 2.75) is 65.4 Å². The van der Waals surface area contributed by atoms with Crippen molar-refractivity contribution in [2.24, 2.45) is 0 Å². The van der Waals surface area contributed by atoms with E-state index in [1.807, 2.05) is 34.6 Å². The van der Waals surface area contributed by atoms with Crippen LogP contribution < -0.4 is 5.46 Å². The predicted octanol–water partition coefficient (Wildman–Crippen LogP) is 0.872. The molecular weight excluding hydrogens is 243 g/mol. The van der Waals surface area contributed by atoms with Crippen molar-refractivity contribution >= 4 is 12.6 Å². The first-order valence-electron chi connectivity index (χ1n) is 6.70. The van der Waals surface area contributed by atoms with Gasteiger partial charge in [0.2, 0.25) is 0 Å². The van der Waals surface area contributed by atoms with Gasteiger partial charge in [-0.3, -0.25) is 4.68 Å². The summed E-state index contributed by atoms with van der Waals surface area (Å²) in [5, 5.41) is 13.7. The Morgan fingerprint density at radius 1 is 1.32 bits per heavy atom. The summed E-state index contributed by atoms with van der Waals surface area (Å²) in [6.07, 6.45) is 1.34. The van der Waals surface area contributed by atoms with Gasteiger partial charge in [0.1, 0.15) is 0 Å². The minimum atomic E-state index is -0.426. The average Bonchev–Trinajstić information content (AvgIpc) is 2.66. The number of hydrogen-bond donors (Lipinski definition) is 1. The minimum absolute atomic E-state index is 0.351. The van der Waals surface area contributed by atoms with Crippen LogP contribution in [-0.2, 0) is 15.9 Å². The third-order valence-electron chi connectivity index (χ3n) is 4.09. The smallest absolute Gasteiger partial charge is 0.399 e. The van der Waals surface area contributed by atoms with Gasteiger partial charge >= 0.3 is 7.12 Å². The van der Waals surface area contributed by atoms with Crippen LogP contribution in [0.15, 0.2) is 6.20 Å². The van der Waals surface area contributed by atoms with Crippen LogP contribution in [0.5, 0.6) is 0 Å². The van der Waals surface area contributed by atoms with E-state index in [9.17, 15) is 5.11 Å². The largest absolute Gasteiger partial charge is 0.498 e. The maximum atomic E-state index is 9.45. The number of aromatic nitrogens is 2. The fraction of sp³-hybridized carbons (Fsp3) is 0.769. The summed E-state index contributed by atoms with van der Waals surface area (Å²) in [7, 11) is -0.396. The van der Waals surface area contributed by atoms with E-state index in [-0.39, 0.29) is 11.2 Å². The Labute approximate surface area is 115 Å². The van der Waals surface area contributed by atoms with Crippen LogP contribution in [0.3, 0.4) is 0 Å². The zero-order valence-electron chi connectivity index (χ0n) is 12.6. The molecule has 0 radical (unpaired) electrons. The molecule has 106 valence electrons. The molecule has 1 saturated heterocycles. The summed E-state index contributed by atoms with van der Waals surface area (Å²) in [6, 6.07) is 0. The third-order valence-corrected chi connectivity index (χ3v) is 4.09. The Hall–Kier alpha value is -0.845. The van der Waals surface area contributed by atoms with Crippen molar-refractivity contribution < 1.29 is 14.4 Å². The fourth-order valence-electron chi connectivity index (χ4n) is 2.10. The van der Waals surface area contributed by atoms with Crippen LogP contribution in [0.1, 0.15) is 40.3 Å². The maximum absolute atomic E-state index is 9.45. The van der Waals surface area contributed by atoms with Crippen LogP contribution in [0.2, 0.25) is 0 Å². The summed E-state index contributed by atoms with van der Waals surface area (Å²) in [5.41, 5.74) is 1.20. The number of nitrogens with zero attached hydrogens (tertiary/aromatic N) is 2. The van der Waals surface area contributed by atoms with Crippen molar-refractivity contribution in [1.82, 2.24) is 9.78 Å². The molecule has 2 heterocycles. The molecule has 0 saturated carbocycles. The topological polar surface area (TPSA) is 56.5 Å². The van der Waals surface area contributed by atoms with Crippen molar-refractivity contribution in [3.05, 3.63) is 11.9 Å². The first-order chi connectivity index (χ1) is 8.64. The lowest BCUT2D eigenvalue weighted by Gasteiger charge is -2.32. The highest BCUT2D eigenvalue weighted by molar-refractivity contribution is 6.62. The van der Waals surface area contributed by atoms with E-state index >= 15 is 0 Å². The molecule has 0 spiro atoms. The number of aliphatic hydroxyl groups excluding tert-OH is 1. The molecule has 1 atom stereocenters. The fourth-order valence-corrected chi connectivity index (χ4v) is 2.10. The standard InChI is InChI=1S/C13H23BN2O3/c1-9(17)8-16-10(2)11(7-15-16)14-18-12(3,4)13(5,6)19-14/h7,9,17H,8H2,1-6H3/t9-/m0/s1. The molecule has 1 aromatic rings. The highest BCUT2D eigenvalue weighted by Gasteiger charge is 2.52. The van der Waals surface area contributed by atoms with Gasteiger partial charge in [-0.15, -0.1) is 0 Å². The first kappa shape index (κ1) is 14.6. The lowest BCUT2D eigenvalue weighted by Crippen LogP contribution is -2.41. The molecule has 0 aromatic carbocycles. The molecule has 0 aliphatic carbocycles. The van der Waals surface area contributed by atoms with E-state index in [0.29, 0.717) is 6.54 Å². The SMILES string of the molecule is Cc1c(B2OC(C)(C)C(C)(C)O2)cnn1C[C@H](C)O. The molecule has 1 aliphatic rings. The lowest BCUT2D eigenvalue weighted by molar-refractivity contribution is 0.00578. The van der Waals surface area contributed by atoms with E-state index in [1.54, 1.807) is 17.8 Å². The van der Waals surface area contributed by atoms with Crippen LogP contribution in [-0.4, -0.2) is 39.3 Å². The number of hydrogen-bond acceptors (Lipinski definition) is 4. The molecule has 1 aliphatic heterocycles.